The van der Waals surface area contributed by atoms with Crippen molar-refractivity contribution < 1.29 is 23.1 Å². The summed E-state index contributed by atoms with van der Waals surface area (Å²) in [5, 5.41) is 8.51. The summed E-state index contributed by atoms with van der Waals surface area (Å²) in [6, 6.07) is 5.82. The number of alkyl halides is 3. The van der Waals surface area contributed by atoms with Crippen molar-refractivity contribution >= 4 is 5.91 Å². The van der Waals surface area contributed by atoms with Crippen molar-refractivity contribution in [3.63, 3.8) is 0 Å². The fourth-order valence-corrected chi connectivity index (χ4v) is 1.40. The lowest BCUT2D eigenvalue weighted by molar-refractivity contribution is -0.138. The Balaban J connectivity index is 2.78. The highest BCUT2D eigenvalue weighted by atomic mass is 19.4. The predicted octanol–water partition coefficient (Wildman–Crippen LogP) is 1.66. The number of carbonyl (C=O) groups excluding carboxylic acids is 1. The number of hydrogen-bond donors (Lipinski definition) is 1. The molecule has 0 fully saturated rings. The van der Waals surface area contributed by atoms with Crippen LogP contribution in [0.5, 0.6) is 0 Å². The Labute approximate surface area is 108 Å². The van der Waals surface area contributed by atoms with E-state index in [1.807, 2.05) is 0 Å². The molecular weight excluding hydrogens is 259 g/mol. The zero-order valence-electron chi connectivity index (χ0n) is 10.2. The van der Waals surface area contributed by atoms with Crippen molar-refractivity contribution in [1.29, 1.82) is 0 Å². The Morgan fingerprint density at radius 1 is 1.32 bits per heavy atom. The highest BCUT2D eigenvalue weighted by Crippen LogP contribution is 2.17. The van der Waals surface area contributed by atoms with Crippen LogP contribution in [-0.2, 0) is 0 Å². The van der Waals surface area contributed by atoms with Crippen LogP contribution in [0.15, 0.2) is 24.3 Å². The summed E-state index contributed by atoms with van der Waals surface area (Å²) < 4.78 is 36.4. The molecule has 0 aliphatic heterocycles. The van der Waals surface area contributed by atoms with Crippen LogP contribution in [0.1, 0.15) is 15.9 Å². The third kappa shape index (κ3) is 5.02. The maximum atomic E-state index is 12.1. The van der Waals surface area contributed by atoms with Gasteiger partial charge in [0.15, 0.2) is 0 Å². The van der Waals surface area contributed by atoms with E-state index in [0.717, 1.165) is 7.05 Å². The minimum absolute atomic E-state index is 0.154. The summed E-state index contributed by atoms with van der Waals surface area (Å²) in [4.78, 5) is 12.3. The first-order chi connectivity index (χ1) is 8.83. The SMILES string of the molecule is CN(CC(F)(F)F)C(=O)c1ccc(C#CCO)cc1. The summed E-state index contributed by atoms with van der Waals surface area (Å²) in [6.07, 6.45) is -4.42. The molecule has 6 heteroatoms. The Morgan fingerprint density at radius 2 is 1.89 bits per heavy atom. The molecule has 102 valence electrons. The molecular formula is C13H12F3NO2. The second-order valence-electron chi connectivity index (χ2n) is 3.81. The van der Waals surface area contributed by atoms with Crippen LogP contribution in [0.4, 0.5) is 13.2 Å². The van der Waals surface area contributed by atoms with Gasteiger partial charge in [0.05, 0.1) is 0 Å². The van der Waals surface area contributed by atoms with Crippen molar-refractivity contribution in [3.8, 4) is 11.8 Å². The number of halogens is 3. The molecule has 1 aromatic rings. The second-order valence-corrected chi connectivity index (χ2v) is 3.81. The fourth-order valence-electron chi connectivity index (χ4n) is 1.40. The van der Waals surface area contributed by atoms with Gasteiger partial charge in [-0.15, -0.1) is 0 Å². The average Bonchev–Trinajstić information content (AvgIpc) is 2.34. The van der Waals surface area contributed by atoms with Gasteiger partial charge < -0.3 is 10.0 Å². The van der Waals surface area contributed by atoms with Crippen LogP contribution >= 0.6 is 0 Å². The van der Waals surface area contributed by atoms with Crippen LogP contribution in [0.25, 0.3) is 0 Å². The molecule has 0 spiro atoms. The van der Waals surface area contributed by atoms with Gasteiger partial charge in [-0.05, 0) is 24.3 Å². The van der Waals surface area contributed by atoms with Crippen molar-refractivity contribution in [2.45, 2.75) is 6.18 Å². The van der Waals surface area contributed by atoms with Gasteiger partial charge in [0.1, 0.15) is 13.2 Å². The highest BCUT2D eigenvalue weighted by Gasteiger charge is 2.31. The number of aliphatic hydroxyl groups is 1. The quantitative estimate of drug-likeness (QED) is 0.831. The van der Waals surface area contributed by atoms with Crippen molar-refractivity contribution in [3.05, 3.63) is 35.4 Å². The highest BCUT2D eigenvalue weighted by molar-refractivity contribution is 5.94. The summed E-state index contributed by atoms with van der Waals surface area (Å²) in [6.45, 7) is -1.58. The van der Waals surface area contributed by atoms with Crippen LogP contribution in [0.3, 0.4) is 0 Å². The Bertz CT molecular complexity index is 497. The van der Waals surface area contributed by atoms with E-state index >= 15 is 0 Å². The molecule has 0 heterocycles. The average molecular weight is 271 g/mol. The normalized spacial score (nSPS) is 10.6. The van der Waals surface area contributed by atoms with Crippen LogP contribution in [0.2, 0.25) is 0 Å². The van der Waals surface area contributed by atoms with E-state index in [0.29, 0.717) is 10.5 Å². The summed E-state index contributed by atoms with van der Waals surface area (Å²) in [5.74, 6) is 4.34. The van der Waals surface area contributed by atoms with Crippen LogP contribution < -0.4 is 0 Å². The molecule has 0 saturated carbocycles. The van der Waals surface area contributed by atoms with Crippen LogP contribution in [-0.4, -0.2) is 42.3 Å². The van der Waals surface area contributed by atoms with E-state index in [1.54, 1.807) is 0 Å². The van der Waals surface area contributed by atoms with Gasteiger partial charge in [-0.1, -0.05) is 11.8 Å². The first kappa shape index (κ1) is 15.1. The van der Waals surface area contributed by atoms with E-state index in [-0.39, 0.29) is 12.2 Å². The molecule has 0 atom stereocenters. The molecule has 0 unspecified atom stereocenters. The zero-order chi connectivity index (χ0) is 14.5. The lowest BCUT2D eigenvalue weighted by atomic mass is 10.1. The molecule has 0 radical (unpaired) electrons. The van der Waals surface area contributed by atoms with E-state index in [9.17, 15) is 18.0 Å². The second kappa shape index (κ2) is 6.25. The Morgan fingerprint density at radius 3 is 2.37 bits per heavy atom. The number of aliphatic hydroxyl groups excluding tert-OH is 1. The van der Waals surface area contributed by atoms with Crippen molar-refractivity contribution in [2.75, 3.05) is 20.2 Å². The topological polar surface area (TPSA) is 40.5 Å². The number of hydrogen-bond acceptors (Lipinski definition) is 2. The number of rotatable bonds is 2. The van der Waals surface area contributed by atoms with Crippen LogP contribution in [0, 0.1) is 11.8 Å². The summed E-state index contributed by atoms with van der Waals surface area (Å²) in [7, 11) is 1.09. The maximum absolute atomic E-state index is 12.1. The van der Waals surface area contributed by atoms with Gasteiger partial charge in [0.2, 0.25) is 0 Å². The monoisotopic (exact) mass is 271 g/mol. The van der Waals surface area contributed by atoms with E-state index < -0.39 is 18.6 Å². The van der Waals surface area contributed by atoms with Gasteiger partial charge >= 0.3 is 6.18 Å². The summed E-state index contributed by atoms with van der Waals surface area (Å²) in [5.41, 5.74) is 0.727. The zero-order valence-corrected chi connectivity index (χ0v) is 10.2. The van der Waals surface area contributed by atoms with Gasteiger partial charge in [-0.25, -0.2) is 0 Å². The third-order valence-corrected chi connectivity index (χ3v) is 2.21. The lowest BCUT2D eigenvalue weighted by Crippen LogP contribution is -2.35. The minimum atomic E-state index is -4.42. The van der Waals surface area contributed by atoms with Crippen molar-refractivity contribution in [2.24, 2.45) is 0 Å². The number of carbonyl (C=O) groups is 1. The largest absolute Gasteiger partial charge is 0.406 e. The van der Waals surface area contributed by atoms with Gasteiger partial charge in [0, 0.05) is 18.2 Å². The molecule has 1 amide bonds. The molecule has 3 nitrogen and oxygen atoms in total. The van der Waals surface area contributed by atoms with Gasteiger partial charge in [0.25, 0.3) is 5.91 Å². The van der Waals surface area contributed by atoms with Crippen molar-refractivity contribution in [1.82, 2.24) is 4.90 Å². The molecule has 1 rings (SSSR count). The molecule has 0 aliphatic rings. The molecule has 19 heavy (non-hydrogen) atoms. The van der Waals surface area contributed by atoms with Gasteiger partial charge in [-0.3, -0.25) is 4.79 Å². The van der Waals surface area contributed by atoms with Gasteiger partial charge in [-0.2, -0.15) is 13.2 Å². The predicted molar refractivity (Wildman–Crippen MR) is 63.4 cm³/mol. The molecule has 0 bridgehead atoms. The molecule has 1 aromatic carbocycles. The Kier molecular flexibility index (Phi) is 4.95. The number of benzene rings is 1. The molecule has 1 N–H and O–H groups in total. The van der Waals surface area contributed by atoms with E-state index in [1.165, 1.54) is 24.3 Å². The minimum Gasteiger partial charge on any atom is -0.384 e. The summed E-state index contributed by atoms with van der Waals surface area (Å²) >= 11 is 0. The first-order valence-corrected chi connectivity index (χ1v) is 5.35. The fraction of sp³-hybridized carbons (Fsp3) is 0.308. The number of amides is 1. The maximum Gasteiger partial charge on any atom is 0.406 e. The molecule has 0 aromatic heterocycles. The smallest absolute Gasteiger partial charge is 0.384 e. The standard InChI is InChI=1S/C13H12F3NO2/c1-17(9-13(14,15)16)12(19)11-6-4-10(5-7-11)3-2-8-18/h4-7,18H,8-9H2,1H3. The first-order valence-electron chi connectivity index (χ1n) is 5.35. The van der Waals surface area contributed by atoms with E-state index in [2.05, 4.69) is 11.8 Å². The van der Waals surface area contributed by atoms with E-state index in [4.69, 9.17) is 5.11 Å². The lowest BCUT2D eigenvalue weighted by Gasteiger charge is -2.18. The molecule has 0 saturated heterocycles. The third-order valence-electron chi connectivity index (χ3n) is 2.21. The Hall–Kier alpha value is -2.00. The number of nitrogens with zero attached hydrogens (tertiary/aromatic N) is 1. The molecule has 0 aliphatic carbocycles.